The van der Waals surface area contributed by atoms with Crippen LogP contribution in [0.15, 0.2) is 12.5 Å². The molecule has 0 bridgehead atoms. The fourth-order valence-electron chi connectivity index (χ4n) is 2.15. The molecule has 0 radical (unpaired) electrons. The van der Waals surface area contributed by atoms with Gasteiger partial charge in [-0.25, -0.2) is 4.98 Å². The van der Waals surface area contributed by atoms with E-state index in [1.165, 1.54) is 5.69 Å². The predicted molar refractivity (Wildman–Crippen MR) is 79.6 cm³/mol. The third-order valence-electron chi connectivity index (χ3n) is 3.60. The van der Waals surface area contributed by atoms with Crippen molar-refractivity contribution in [3.8, 4) is 0 Å². The lowest BCUT2D eigenvalue weighted by molar-refractivity contribution is -0.137. The maximum absolute atomic E-state index is 10.6. The Hall–Kier alpha value is -1.36. The van der Waals surface area contributed by atoms with Gasteiger partial charge < -0.3 is 15.0 Å². The first-order valence-electron chi connectivity index (χ1n) is 7.25. The lowest BCUT2D eigenvalue weighted by Gasteiger charge is -2.24. The predicted octanol–water partition coefficient (Wildman–Crippen LogP) is 2.83. The average molecular weight is 281 g/mol. The Morgan fingerprint density at radius 3 is 2.75 bits per heavy atom. The van der Waals surface area contributed by atoms with Gasteiger partial charge >= 0.3 is 5.97 Å². The van der Waals surface area contributed by atoms with Gasteiger partial charge in [-0.15, -0.1) is 0 Å². The Morgan fingerprint density at radius 1 is 1.45 bits per heavy atom. The van der Waals surface area contributed by atoms with Crippen LogP contribution in [0.1, 0.15) is 58.7 Å². The quantitative estimate of drug-likeness (QED) is 0.683. The molecule has 0 spiro atoms. The van der Waals surface area contributed by atoms with Gasteiger partial charge in [0.2, 0.25) is 0 Å². The molecular weight excluding hydrogens is 254 g/mol. The molecular formula is C15H27N3O2. The molecule has 0 amide bonds. The number of carboxylic acid groups (broad SMARTS) is 1. The summed E-state index contributed by atoms with van der Waals surface area (Å²) < 4.78 is 2.16. The van der Waals surface area contributed by atoms with E-state index >= 15 is 0 Å². The van der Waals surface area contributed by atoms with Crippen molar-refractivity contribution in [1.82, 2.24) is 14.9 Å². The fraction of sp³-hybridized carbons (Fsp3) is 0.733. The third-order valence-corrected chi connectivity index (χ3v) is 3.60. The first-order chi connectivity index (χ1) is 9.32. The summed E-state index contributed by atoms with van der Waals surface area (Å²) in [6.45, 7) is 10.2. The van der Waals surface area contributed by atoms with Gasteiger partial charge in [0.25, 0.3) is 0 Å². The second-order valence-corrected chi connectivity index (χ2v) is 6.37. The lowest BCUT2D eigenvalue weighted by Crippen LogP contribution is -2.24. The van der Waals surface area contributed by atoms with Crippen molar-refractivity contribution in [2.45, 2.75) is 59.5 Å². The summed E-state index contributed by atoms with van der Waals surface area (Å²) in [7, 11) is 0. The molecule has 0 saturated carbocycles. The summed E-state index contributed by atoms with van der Waals surface area (Å²) in [5.74, 6) is -0.716. The second kappa shape index (κ2) is 7.43. The van der Waals surface area contributed by atoms with E-state index in [-0.39, 0.29) is 11.8 Å². The van der Waals surface area contributed by atoms with Gasteiger partial charge in [-0.3, -0.25) is 4.79 Å². The molecule has 1 aromatic heterocycles. The van der Waals surface area contributed by atoms with Crippen LogP contribution >= 0.6 is 0 Å². The molecule has 0 saturated heterocycles. The van der Waals surface area contributed by atoms with Crippen LogP contribution in [0.25, 0.3) is 0 Å². The highest BCUT2D eigenvalue weighted by atomic mass is 16.4. The van der Waals surface area contributed by atoms with Gasteiger partial charge in [0.15, 0.2) is 0 Å². The van der Waals surface area contributed by atoms with Gasteiger partial charge in [0, 0.05) is 25.2 Å². The normalized spacial score (nSPS) is 12.1. The van der Waals surface area contributed by atoms with Crippen LogP contribution in [0.4, 0.5) is 0 Å². The molecule has 1 rings (SSSR count). The number of nitrogens with one attached hydrogen (secondary N) is 1. The zero-order valence-electron chi connectivity index (χ0n) is 13.0. The number of aromatic nitrogens is 2. The fourth-order valence-corrected chi connectivity index (χ4v) is 2.15. The molecule has 5 nitrogen and oxygen atoms in total. The summed E-state index contributed by atoms with van der Waals surface area (Å²) in [4.78, 5) is 14.8. The Labute approximate surface area is 121 Å². The standard InChI is InChI=1S/C15H27N3O2/c1-12(2)18-11-17-10-13(18)9-16-8-7-15(3,4)6-5-14(19)20/h10-12,16H,5-9H2,1-4H3,(H,19,20). The summed E-state index contributed by atoms with van der Waals surface area (Å²) >= 11 is 0. The van der Waals surface area contributed by atoms with E-state index < -0.39 is 5.97 Å². The number of imidazole rings is 1. The number of aliphatic carboxylic acids is 1. The summed E-state index contributed by atoms with van der Waals surface area (Å²) in [6.07, 6.45) is 5.68. The van der Waals surface area contributed by atoms with E-state index in [9.17, 15) is 4.79 Å². The van der Waals surface area contributed by atoms with Crippen LogP contribution in [-0.4, -0.2) is 27.2 Å². The van der Waals surface area contributed by atoms with Crippen LogP contribution in [0.2, 0.25) is 0 Å². The number of carboxylic acids is 1. The minimum Gasteiger partial charge on any atom is -0.481 e. The number of hydrogen-bond donors (Lipinski definition) is 2. The number of rotatable bonds is 9. The van der Waals surface area contributed by atoms with Crippen LogP contribution < -0.4 is 5.32 Å². The minimum absolute atomic E-state index is 0.0592. The lowest BCUT2D eigenvalue weighted by atomic mass is 9.84. The molecule has 20 heavy (non-hydrogen) atoms. The van der Waals surface area contributed by atoms with Crippen LogP contribution in [-0.2, 0) is 11.3 Å². The van der Waals surface area contributed by atoms with E-state index in [0.717, 1.165) is 19.5 Å². The topological polar surface area (TPSA) is 67.2 Å². The molecule has 1 aromatic rings. The first kappa shape index (κ1) is 16.7. The van der Waals surface area contributed by atoms with Crippen LogP contribution in [0, 0.1) is 5.41 Å². The second-order valence-electron chi connectivity index (χ2n) is 6.37. The third kappa shape index (κ3) is 5.74. The van der Waals surface area contributed by atoms with Crippen molar-refractivity contribution in [2.75, 3.05) is 6.54 Å². The number of carbonyl (C=O) groups is 1. The van der Waals surface area contributed by atoms with E-state index in [4.69, 9.17) is 5.11 Å². The van der Waals surface area contributed by atoms with Gasteiger partial charge in [-0.1, -0.05) is 13.8 Å². The summed E-state index contributed by atoms with van der Waals surface area (Å²) in [5, 5.41) is 12.1. The molecule has 0 atom stereocenters. The van der Waals surface area contributed by atoms with Gasteiger partial charge in [0.1, 0.15) is 0 Å². The van der Waals surface area contributed by atoms with E-state index in [0.29, 0.717) is 12.5 Å². The largest absolute Gasteiger partial charge is 0.481 e. The minimum atomic E-state index is -0.716. The zero-order valence-corrected chi connectivity index (χ0v) is 13.0. The van der Waals surface area contributed by atoms with Gasteiger partial charge in [-0.2, -0.15) is 0 Å². The highest BCUT2D eigenvalue weighted by molar-refractivity contribution is 5.66. The molecule has 5 heteroatoms. The molecule has 1 heterocycles. The smallest absolute Gasteiger partial charge is 0.303 e. The van der Waals surface area contributed by atoms with E-state index in [1.807, 2.05) is 12.5 Å². The van der Waals surface area contributed by atoms with Crippen molar-refractivity contribution in [1.29, 1.82) is 0 Å². The molecule has 0 unspecified atom stereocenters. The Morgan fingerprint density at radius 2 is 2.15 bits per heavy atom. The van der Waals surface area contributed by atoms with Crippen molar-refractivity contribution >= 4 is 5.97 Å². The highest BCUT2D eigenvalue weighted by Crippen LogP contribution is 2.26. The Balaban J connectivity index is 2.30. The van der Waals surface area contributed by atoms with Crippen molar-refractivity contribution in [3.63, 3.8) is 0 Å². The van der Waals surface area contributed by atoms with E-state index in [2.05, 4.69) is 42.6 Å². The van der Waals surface area contributed by atoms with Crippen molar-refractivity contribution < 1.29 is 9.90 Å². The maximum Gasteiger partial charge on any atom is 0.303 e. The molecule has 0 fully saturated rings. The Kier molecular flexibility index (Phi) is 6.20. The first-order valence-corrected chi connectivity index (χ1v) is 7.25. The molecule has 0 aliphatic carbocycles. The number of nitrogens with zero attached hydrogens (tertiary/aromatic N) is 2. The molecule has 0 aliphatic rings. The SMILES string of the molecule is CC(C)n1cncc1CNCCC(C)(C)CCC(=O)O. The van der Waals surface area contributed by atoms with E-state index in [1.54, 1.807) is 0 Å². The van der Waals surface area contributed by atoms with Gasteiger partial charge in [0.05, 0.1) is 12.0 Å². The van der Waals surface area contributed by atoms with Crippen LogP contribution in [0.3, 0.4) is 0 Å². The summed E-state index contributed by atoms with van der Waals surface area (Å²) in [5.41, 5.74) is 1.24. The molecule has 0 aromatic carbocycles. The molecule has 2 N–H and O–H groups in total. The highest BCUT2D eigenvalue weighted by Gasteiger charge is 2.18. The number of hydrogen-bond acceptors (Lipinski definition) is 3. The summed E-state index contributed by atoms with van der Waals surface area (Å²) in [6, 6.07) is 0.418. The Bertz CT molecular complexity index is 425. The van der Waals surface area contributed by atoms with Gasteiger partial charge in [-0.05, 0) is 38.6 Å². The monoisotopic (exact) mass is 281 g/mol. The van der Waals surface area contributed by atoms with Crippen LogP contribution in [0.5, 0.6) is 0 Å². The maximum atomic E-state index is 10.6. The van der Waals surface area contributed by atoms with Crippen molar-refractivity contribution in [2.24, 2.45) is 5.41 Å². The molecule has 114 valence electrons. The average Bonchev–Trinajstić information content (AvgIpc) is 2.81. The zero-order chi connectivity index (χ0) is 15.2. The molecule has 0 aliphatic heterocycles. The van der Waals surface area contributed by atoms with Crippen molar-refractivity contribution in [3.05, 3.63) is 18.2 Å².